The van der Waals surface area contributed by atoms with Crippen LogP contribution in [0.1, 0.15) is 26.7 Å². The molecule has 2 aliphatic heterocycles. The van der Waals surface area contributed by atoms with Crippen molar-refractivity contribution >= 4 is 28.6 Å². The first kappa shape index (κ1) is 20.1. The maximum Gasteiger partial charge on any atom is 0.226 e. The van der Waals surface area contributed by atoms with E-state index in [2.05, 4.69) is 37.7 Å². The molecule has 0 spiro atoms. The molecule has 0 aromatic carbocycles. The fraction of sp³-hybridized carbons (Fsp3) is 0.650. The minimum Gasteiger partial charge on any atom is -0.366 e. The third-order valence-corrected chi connectivity index (χ3v) is 5.97. The lowest BCUT2D eigenvalue weighted by Crippen LogP contribution is -2.36. The summed E-state index contributed by atoms with van der Waals surface area (Å²) in [5.74, 6) is 0.0257. The molecule has 3 aliphatic rings. The molecule has 2 aromatic rings. The van der Waals surface area contributed by atoms with Gasteiger partial charge in [0.2, 0.25) is 5.28 Å². The average Bonchev–Trinajstić information content (AvgIpc) is 3.44. The highest BCUT2D eigenvalue weighted by molar-refractivity contribution is 6.28. The highest BCUT2D eigenvalue weighted by Gasteiger charge is 2.54. The Kier molecular flexibility index (Phi) is 5.19. The van der Waals surface area contributed by atoms with E-state index in [-0.39, 0.29) is 35.7 Å². The third-order valence-electron chi connectivity index (χ3n) is 5.80. The highest BCUT2D eigenvalue weighted by atomic mass is 35.5. The molecule has 10 heteroatoms. The van der Waals surface area contributed by atoms with Crippen molar-refractivity contribution in [2.45, 2.75) is 69.5 Å². The van der Waals surface area contributed by atoms with Crippen molar-refractivity contribution in [3.05, 3.63) is 23.8 Å². The number of hydrogen-bond acceptors (Lipinski definition) is 8. The number of aromatic nitrogens is 4. The van der Waals surface area contributed by atoms with E-state index >= 15 is 0 Å². The zero-order chi connectivity index (χ0) is 20.9. The number of likely N-dealkylation sites (N-methyl/N-ethyl adjacent to an activating group) is 1. The number of imidazole rings is 1. The number of fused-ring (bicyclic) bond motifs is 2. The molecule has 2 saturated heterocycles. The maximum absolute atomic E-state index is 6.29. The van der Waals surface area contributed by atoms with Crippen LogP contribution >= 0.6 is 11.6 Å². The van der Waals surface area contributed by atoms with Gasteiger partial charge in [-0.3, -0.25) is 0 Å². The van der Waals surface area contributed by atoms with Crippen LogP contribution in [0.3, 0.4) is 0 Å². The number of allylic oxidation sites excluding steroid dienone is 1. The first-order chi connectivity index (χ1) is 14.4. The normalized spacial score (nSPS) is 32.2. The van der Waals surface area contributed by atoms with Gasteiger partial charge < -0.3 is 29.4 Å². The summed E-state index contributed by atoms with van der Waals surface area (Å²) in [5.41, 5.74) is 1.37. The van der Waals surface area contributed by atoms with Gasteiger partial charge in [-0.1, -0.05) is 12.2 Å². The smallest absolute Gasteiger partial charge is 0.226 e. The van der Waals surface area contributed by atoms with Crippen molar-refractivity contribution in [2.24, 2.45) is 0 Å². The standard InChI is InChI=1S/C20H27ClN6O3/c1-20(2)29-15-12(8-22-3)28-13(16(15)30-20)9-27-10-23-14-17(24-11-6-4-5-7-11)25-19(21)26-18(14)27/h4,6,10-13,15-16,22H,5,7-9H2,1-3H3,(H,24,25,26)/t11?,12-,13+,15-,16+/m1/s1. The van der Waals surface area contributed by atoms with Crippen LogP contribution in [0.2, 0.25) is 5.28 Å². The van der Waals surface area contributed by atoms with Gasteiger partial charge in [-0.15, -0.1) is 0 Å². The van der Waals surface area contributed by atoms with E-state index in [9.17, 15) is 0 Å². The van der Waals surface area contributed by atoms with Gasteiger partial charge in [0.05, 0.1) is 19.0 Å². The van der Waals surface area contributed by atoms with Crippen LogP contribution in [0.25, 0.3) is 11.2 Å². The van der Waals surface area contributed by atoms with Gasteiger partial charge in [-0.25, -0.2) is 4.98 Å². The second kappa shape index (κ2) is 7.72. The largest absolute Gasteiger partial charge is 0.366 e. The lowest BCUT2D eigenvalue weighted by molar-refractivity contribution is -0.187. The molecule has 0 bridgehead atoms. The summed E-state index contributed by atoms with van der Waals surface area (Å²) in [6.07, 6.45) is 7.62. The summed E-state index contributed by atoms with van der Waals surface area (Å²) in [7, 11) is 1.91. The Morgan fingerprint density at radius 2 is 2.03 bits per heavy atom. The van der Waals surface area contributed by atoms with Crippen molar-refractivity contribution in [3.63, 3.8) is 0 Å². The van der Waals surface area contributed by atoms with E-state index in [4.69, 9.17) is 25.8 Å². The van der Waals surface area contributed by atoms with Crippen LogP contribution in [-0.4, -0.2) is 69.4 Å². The van der Waals surface area contributed by atoms with E-state index < -0.39 is 5.79 Å². The number of halogens is 1. The predicted molar refractivity (Wildman–Crippen MR) is 113 cm³/mol. The molecule has 2 fully saturated rings. The SMILES string of the molecule is CNC[C@H]1O[C@@H](Cn2cnc3c(NC4C=CCC4)nc(Cl)nc32)[C@@H]2OC(C)(C)O[C@@H]21. The lowest BCUT2D eigenvalue weighted by atomic mass is 10.1. The van der Waals surface area contributed by atoms with Gasteiger partial charge in [0, 0.05) is 12.6 Å². The molecular formula is C20H27ClN6O3. The number of ether oxygens (including phenoxy) is 3. The van der Waals surface area contributed by atoms with E-state index in [0.29, 0.717) is 30.1 Å². The fourth-order valence-electron chi connectivity index (χ4n) is 4.56. The van der Waals surface area contributed by atoms with Crippen molar-refractivity contribution in [3.8, 4) is 0 Å². The number of nitrogens with zero attached hydrogens (tertiary/aromatic N) is 4. The van der Waals surface area contributed by atoms with E-state index in [1.165, 1.54) is 0 Å². The molecule has 2 aromatic heterocycles. The molecule has 5 atom stereocenters. The second-order valence-electron chi connectivity index (χ2n) is 8.50. The molecule has 0 saturated carbocycles. The van der Waals surface area contributed by atoms with Gasteiger partial charge in [-0.05, 0) is 45.3 Å². The Bertz CT molecular complexity index is 963. The zero-order valence-corrected chi connectivity index (χ0v) is 18.1. The summed E-state index contributed by atoms with van der Waals surface area (Å²) in [6, 6.07) is 0.233. The number of anilines is 1. The summed E-state index contributed by atoms with van der Waals surface area (Å²) in [6.45, 7) is 5.11. The molecule has 0 amide bonds. The summed E-state index contributed by atoms with van der Waals surface area (Å²) in [4.78, 5) is 13.4. The van der Waals surface area contributed by atoms with Crippen LogP contribution in [0.5, 0.6) is 0 Å². The van der Waals surface area contributed by atoms with Gasteiger partial charge >= 0.3 is 0 Å². The third kappa shape index (κ3) is 3.69. The van der Waals surface area contributed by atoms with Crippen molar-refractivity contribution in [2.75, 3.05) is 18.9 Å². The molecule has 2 N–H and O–H groups in total. The Balaban J connectivity index is 1.41. The van der Waals surface area contributed by atoms with Crippen LogP contribution in [0.15, 0.2) is 18.5 Å². The molecule has 4 heterocycles. The molecule has 1 unspecified atom stereocenters. The maximum atomic E-state index is 6.29. The van der Waals surface area contributed by atoms with E-state index in [0.717, 1.165) is 12.8 Å². The van der Waals surface area contributed by atoms with Crippen LogP contribution in [0, 0.1) is 0 Å². The van der Waals surface area contributed by atoms with Crippen molar-refractivity contribution < 1.29 is 14.2 Å². The lowest BCUT2D eigenvalue weighted by Gasteiger charge is -2.24. The Hall–Kier alpha value is -1.78. The summed E-state index contributed by atoms with van der Waals surface area (Å²) < 4.78 is 20.5. The van der Waals surface area contributed by atoms with Crippen LogP contribution in [-0.2, 0) is 20.8 Å². The van der Waals surface area contributed by atoms with Gasteiger partial charge in [0.1, 0.15) is 18.3 Å². The summed E-state index contributed by atoms with van der Waals surface area (Å²) >= 11 is 6.24. The number of hydrogen-bond donors (Lipinski definition) is 2. The molecule has 0 radical (unpaired) electrons. The monoisotopic (exact) mass is 434 g/mol. The minimum absolute atomic E-state index is 0.0776. The highest BCUT2D eigenvalue weighted by Crippen LogP contribution is 2.39. The first-order valence-corrected chi connectivity index (χ1v) is 10.8. The zero-order valence-electron chi connectivity index (χ0n) is 17.3. The topological polar surface area (TPSA) is 95.4 Å². The minimum atomic E-state index is -0.627. The van der Waals surface area contributed by atoms with Crippen LogP contribution < -0.4 is 10.6 Å². The number of rotatable bonds is 6. The fourth-order valence-corrected chi connectivity index (χ4v) is 4.72. The molecule has 9 nitrogen and oxygen atoms in total. The van der Waals surface area contributed by atoms with Gasteiger partial charge in [0.25, 0.3) is 0 Å². The predicted octanol–water partition coefficient (Wildman–Crippen LogP) is 2.12. The second-order valence-corrected chi connectivity index (χ2v) is 8.84. The van der Waals surface area contributed by atoms with Crippen molar-refractivity contribution in [1.82, 2.24) is 24.8 Å². The van der Waals surface area contributed by atoms with Crippen molar-refractivity contribution in [1.29, 1.82) is 0 Å². The summed E-state index contributed by atoms with van der Waals surface area (Å²) in [5, 5.41) is 6.79. The number of nitrogens with one attached hydrogen (secondary N) is 2. The van der Waals surface area contributed by atoms with E-state index in [1.807, 2.05) is 25.5 Å². The first-order valence-electron chi connectivity index (χ1n) is 10.4. The Morgan fingerprint density at radius 3 is 2.77 bits per heavy atom. The molecule has 30 heavy (non-hydrogen) atoms. The Labute approximate surface area is 180 Å². The molecule has 5 rings (SSSR count). The molecule has 162 valence electrons. The average molecular weight is 435 g/mol. The molecule has 1 aliphatic carbocycles. The van der Waals surface area contributed by atoms with Crippen LogP contribution in [0.4, 0.5) is 5.82 Å². The van der Waals surface area contributed by atoms with Gasteiger partial charge in [0.15, 0.2) is 22.8 Å². The van der Waals surface area contributed by atoms with E-state index in [1.54, 1.807) is 6.33 Å². The molecular weight excluding hydrogens is 408 g/mol. The van der Waals surface area contributed by atoms with Gasteiger partial charge in [-0.2, -0.15) is 9.97 Å². The quantitative estimate of drug-likeness (QED) is 0.527. The Morgan fingerprint density at radius 1 is 1.23 bits per heavy atom.